The van der Waals surface area contributed by atoms with Crippen LogP contribution in [-0.2, 0) is 4.79 Å². The molecule has 4 nitrogen and oxygen atoms in total. The van der Waals surface area contributed by atoms with Crippen LogP contribution in [0.25, 0.3) is 0 Å². The predicted octanol–water partition coefficient (Wildman–Crippen LogP) is 3.29. The lowest BCUT2D eigenvalue weighted by molar-refractivity contribution is -0.122. The van der Waals surface area contributed by atoms with Crippen LogP contribution < -0.4 is 15.8 Å². The van der Waals surface area contributed by atoms with Crippen LogP contribution in [0.3, 0.4) is 0 Å². The van der Waals surface area contributed by atoms with Crippen molar-refractivity contribution in [1.82, 2.24) is 0 Å². The average molecular weight is 284 g/mol. The summed E-state index contributed by atoms with van der Waals surface area (Å²) >= 11 is 0. The first-order chi connectivity index (χ1) is 9.95. The molecule has 2 rings (SSSR count). The van der Waals surface area contributed by atoms with E-state index in [-0.39, 0.29) is 5.91 Å². The molecule has 0 aliphatic rings. The van der Waals surface area contributed by atoms with Crippen molar-refractivity contribution in [2.24, 2.45) is 0 Å². The molecule has 1 unspecified atom stereocenters. The van der Waals surface area contributed by atoms with Crippen molar-refractivity contribution in [3.05, 3.63) is 53.6 Å². The number of carbonyl (C=O) groups is 1. The molecule has 1 atom stereocenters. The summed E-state index contributed by atoms with van der Waals surface area (Å²) in [4.78, 5) is 12.2. The van der Waals surface area contributed by atoms with Crippen LogP contribution >= 0.6 is 0 Å². The minimum absolute atomic E-state index is 0.204. The summed E-state index contributed by atoms with van der Waals surface area (Å²) in [6.07, 6.45) is -0.590. The number of hydrogen-bond acceptors (Lipinski definition) is 3. The van der Waals surface area contributed by atoms with Crippen molar-refractivity contribution in [3.63, 3.8) is 0 Å². The first-order valence-electron chi connectivity index (χ1n) is 6.86. The summed E-state index contributed by atoms with van der Waals surface area (Å²) in [5.74, 6) is 0.479. The molecule has 3 N–H and O–H groups in total. The summed E-state index contributed by atoms with van der Waals surface area (Å²) < 4.78 is 5.66. The summed E-state index contributed by atoms with van der Waals surface area (Å²) in [5, 5.41) is 2.84. The van der Waals surface area contributed by atoms with Crippen molar-refractivity contribution in [2.45, 2.75) is 26.9 Å². The number of nitrogens with two attached hydrogens (primary N) is 1. The van der Waals surface area contributed by atoms with Crippen LogP contribution in [0.4, 0.5) is 11.4 Å². The van der Waals surface area contributed by atoms with Gasteiger partial charge in [0.05, 0.1) is 0 Å². The van der Waals surface area contributed by atoms with Crippen LogP contribution in [0.1, 0.15) is 18.1 Å². The number of ether oxygens (including phenoxy) is 1. The fourth-order valence-corrected chi connectivity index (χ4v) is 1.95. The van der Waals surface area contributed by atoms with Crippen molar-refractivity contribution >= 4 is 17.3 Å². The van der Waals surface area contributed by atoms with Gasteiger partial charge in [-0.05, 0) is 56.2 Å². The zero-order chi connectivity index (χ0) is 15.4. The summed E-state index contributed by atoms with van der Waals surface area (Å²) in [6, 6.07) is 13.0. The van der Waals surface area contributed by atoms with Crippen molar-refractivity contribution in [2.75, 3.05) is 11.1 Å². The molecule has 21 heavy (non-hydrogen) atoms. The molecule has 0 radical (unpaired) electrons. The molecule has 0 heterocycles. The Bertz CT molecular complexity index is 653. The molecular weight excluding hydrogens is 264 g/mol. The van der Waals surface area contributed by atoms with Crippen LogP contribution in [0.2, 0.25) is 0 Å². The molecule has 0 saturated carbocycles. The predicted molar refractivity (Wildman–Crippen MR) is 85.5 cm³/mol. The maximum Gasteiger partial charge on any atom is 0.265 e. The third-order valence-corrected chi connectivity index (χ3v) is 3.19. The number of anilines is 2. The Labute approximate surface area is 124 Å². The highest BCUT2D eigenvalue weighted by Gasteiger charge is 2.15. The Kier molecular flexibility index (Phi) is 4.48. The molecule has 0 bridgehead atoms. The van der Waals surface area contributed by atoms with E-state index < -0.39 is 6.10 Å². The minimum Gasteiger partial charge on any atom is -0.481 e. The molecule has 110 valence electrons. The quantitative estimate of drug-likeness (QED) is 0.847. The summed E-state index contributed by atoms with van der Waals surface area (Å²) in [5.41, 5.74) is 9.11. The molecule has 0 aromatic heterocycles. The smallest absolute Gasteiger partial charge is 0.265 e. The van der Waals surface area contributed by atoms with Gasteiger partial charge < -0.3 is 15.8 Å². The molecule has 2 aromatic rings. The highest BCUT2D eigenvalue weighted by atomic mass is 16.5. The number of carbonyl (C=O) groups excluding carboxylic acids is 1. The number of nitrogens with one attached hydrogen (secondary N) is 1. The van der Waals surface area contributed by atoms with Crippen LogP contribution in [0.15, 0.2) is 42.5 Å². The third-order valence-electron chi connectivity index (χ3n) is 3.19. The fraction of sp³-hybridized carbons (Fsp3) is 0.235. The lowest BCUT2D eigenvalue weighted by Crippen LogP contribution is -2.30. The highest BCUT2D eigenvalue weighted by Crippen LogP contribution is 2.19. The van der Waals surface area contributed by atoms with Gasteiger partial charge in [0.1, 0.15) is 5.75 Å². The first-order valence-corrected chi connectivity index (χ1v) is 6.86. The van der Waals surface area contributed by atoms with E-state index in [2.05, 4.69) is 5.32 Å². The van der Waals surface area contributed by atoms with Gasteiger partial charge in [0.15, 0.2) is 6.10 Å². The van der Waals surface area contributed by atoms with E-state index in [0.717, 1.165) is 11.1 Å². The maximum absolute atomic E-state index is 12.2. The van der Waals surface area contributed by atoms with Gasteiger partial charge in [0, 0.05) is 11.4 Å². The number of rotatable bonds is 4. The van der Waals surface area contributed by atoms with E-state index in [4.69, 9.17) is 10.5 Å². The van der Waals surface area contributed by atoms with E-state index in [1.807, 2.05) is 44.2 Å². The molecule has 1 amide bonds. The molecule has 0 saturated heterocycles. The zero-order valence-electron chi connectivity index (χ0n) is 12.5. The van der Waals surface area contributed by atoms with Crippen LogP contribution in [-0.4, -0.2) is 12.0 Å². The number of benzene rings is 2. The Morgan fingerprint density at radius 3 is 2.67 bits per heavy atom. The second kappa shape index (κ2) is 6.31. The molecule has 0 aliphatic heterocycles. The normalized spacial score (nSPS) is 11.8. The number of hydrogen-bond donors (Lipinski definition) is 2. The van der Waals surface area contributed by atoms with Crippen molar-refractivity contribution in [3.8, 4) is 5.75 Å². The topological polar surface area (TPSA) is 64.3 Å². The van der Waals surface area contributed by atoms with Gasteiger partial charge in [-0.3, -0.25) is 4.79 Å². The monoisotopic (exact) mass is 284 g/mol. The fourth-order valence-electron chi connectivity index (χ4n) is 1.95. The lowest BCUT2D eigenvalue weighted by atomic mass is 10.1. The number of nitrogen functional groups attached to an aromatic ring is 1. The Balaban J connectivity index is 2.04. The standard InChI is InChI=1S/C17H20N2O2/c1-11-5-4-6-15(9-11)21-13(3)17(20)19-16-10-14(18)8-7-12(16)2/h4-10,13H,18H2,1-3H3,(H,19,20). The number of aryl methyl sites for hydroxylation is 2. The van der Waals surface area contributed by atoms with Gasteiger partial charge in [-0.1, -0.05) is 18.2 Å². The zero-order valence-corrected chi connectivity index (χ0v) is 12.5. The molecule has 0 spiro atoms. The molecule has 0 aliphatic carbocycles. The maximum atomic E-state index is 12.2. The van der Waals surface area contributed by atoms with Gasteiger partial charge in [0.25, 0.3) is 5.91 Å². The van der Waals surface area contributed by atoms with Gasteiger partial charge in [0.2, 0.25) is 0 Å². The highest BCUT2D eigenvalue weighted by molar-refractivity contribution is 5.95. The molecule has 2 aromatic carbocycles. The second-order valence-corrected chi connectivity index (χ2v) is 5.14. The van der Waals surface area contributed by atoms with Gasteiger partial charge >= 0.3 is 0 Å². The molecule has 0 fully saturated rings. The first kappa shape index (κ1) is 14.9. The summed E-state index contributed by atoms with van der Waals surface area (Å²) in [6.45, 7) is 5.62. The minimum atomic E-state index is -0.590. The van der Waals surface area contributed by atoms with Crippen LogP contribution in [0, 0.1) is 13.8 Å². The molecular formula is C17H20N2O2. The van der Waals surface area contributed by atoms with E-state index in [1.165, 1.54) is 0 Å². The van der Waals surface area contributed by atoms with Crippen LogP contribution in [0.5, 0.6) is 5.75 Å². The Hall–Kier alpha value is -2.49. The van der Waals surface area contributed by atoms with E-state index in [0.29, 0.717) is 17.1 Å². The lowest BCUT2D eigenvalue weighted by Gasteiger charge is -2.16. The largest absolute Gasteiger partial charge is 0.481 e. The van der Waals surface area contributed by atoms with Crippen molar-refractivity contribution < 1.29 is 9.53 Å². The SMILES string of the molecule is Cc1cccc(OC(C)C(=O)Nc2cc(N)ccc2C)c1. The van der Waals surface area contributed by atoms with Gasteiger partial charge in [-0.2, -0.15) is 0 Å². The van der Waals surface area contributed by atoms with Crippen molar-refractivity contribution in [1.29, 1.82) is 0 Å². The average Bonchev–Trinajstić information content (AvgIpc) is 2.43. The summed E-state index contributed by atoms with van der Waals surface area (Å²) in [7, 11) is 0. The third kappa shape index (κ3) is 3.99. The van der Waals surface area contributed by atoms with E-state index in [1.54, 1.807) is 19.1 Å². The molecule has 4 heteroatoms. The Morgan fingerprint density at radius 1 is 1.19 bits per heavy atom. The Morgan fingerprint density at radius 2 is 1.95 bits per heavy atom. The number of amides is 1. The van der Waals surface area contributed by atoms with Gasteiger partial charge in [-0.15, -0.1) is 0 Å². The van der Waals surface area contributed by atoms with Gasteiger partial charge in [-0.25, -0.2) is 0 Å². The van der Waals surface area contributed by atoms with E-state index in [9.17, 15) is 4.79 Å². The van der Waals surface area contributed by atoms with E-state index >= 15 is 0 Å². The second-order valence-electron chi connectivity index (χ2n) is 5.14.